The van der Waals surface area contributed by atoms with Crippen molar-refractivity contribution in [3.05, 3.63) is 11.1 Å². The summed E-state index contributed by atoms with van der Waals surface area (Å²) < 4.78 is 13.6. The highest BCUT2D eigenvalue weighted by atomic mass is 19.1. The minimum Gasteiger partial charge on any atom is -0.244 e. The Labute approximate surface area is 96.3 Å². The van der Waals surface area contributed by atoms with E-state index >= 15 is 0 Å². The maximum atomic E-state index is 13.6. The van der Waals surface area contributed by atoms with Crippen molar-refractivity contribution in [2.24, 2.45) is 10.8 Å². The van der Waals surface area contributed by atoms with Gasteiger partial charge in [-0.3, -0.25) is 0 Å². The van der Waals surface area contributed by atoms with E-state index in [1.807, 2.05) is 0 Å². The predicted octanol–water partition coefficient (Wildman–Crippen LogP) is 3.91. The minimum absolute atomic E-state index is 0.109. The van der Waals surface area contributed by atoms with E-state index in [0.29, 0.717) is 24.7 Å². The van der Waals surface area contributed by atoms with Crippen molar-refractivity contribution in [3.8, 4) is 6.07 Å². The van der Waals surface area contributed by atoms with Gasteiger partial charge in [0.2, 0.25) is 0 Å². The number of halogens is 1. The first-order valence-electron chi connectivity index (χ1n) is 6.20. The van der Waals surface area contributed by atoms with Gasteiger partial charge in [0.25, 0.3) is 0 Å². The quantitative estimate of drug-likeness (QED) is 0.656. The first kappa shape index (κ1) is 10.3. The fourth-order valence-electron chi connectivity index (χ4n) is 3.90. The zero-order valence-corrected chi connectivity index (χ0v) is 10.1. The average Bonchev–Trinajstić information content (AvgIpc) is 2.10. The summed E-state index contributed by atoms with van der Waals surface area (Å²) in [6, 6.07) is 2.36. The molecule has 0 spiro atoms. The molecule has 2 bridgehead atoms. The highest BCUT2D eigenvalue weighted by Gasteiger charge is 2.70. The average molecular weight is 219 g/mol. The highest BCUT2D eigenvalue weighted by Crippen LogP contribution is 2.74. The zero-order chi connectivity index (χ0) is 11.6. The van der Waals surface area contributed by atoms with Crippen LogP contribution in [0.15, 0.2) is 11.1 Å². The van der Waals surface area contributed by atoms with Crippen LogP contribution in [0.5, 0.6) is 0 Å². The summed E-state index contributed by atoms with van der Waals surface area (Å²) in [5.74, 6) is 0. The lowest BCUT2D eigenvalue weighted by Gasteiger charge is -2.68. The molecule has 0 aromatic carbocycles. The molecule has 0 unspecified atom stereocenters. The molecule has 3 saturated carbocycles. The largest absolute Gasteiger partial charge is 0.244 e. The van der Waals surface area contributed by atoms with Crippen molar-refractivity contribution in [2.45, 2.75) is 58.0 Å². The van der Waals surface area contributed by atoms with Crippen LogP contribution in [0.25, 0.3) is 0 Å². The Kier molecular flexibility index (Phi) is 1.74. The van der Waals surface area contributed by atoms with Gasteiger partial charge in [-0.15, -0.1) is 0 Å². The molecule has 1 nitrogen and oxygen atoms in total. The highest BCUT2D eigenvalue weighted by molar-refractivity contribution is 5.43. The van der Waals surface area contributed by atoms with E-state index in [4.69, 9.17) is 0 Å². The van der Waals surface area contributed by atoms with Crippen LogP contribution in [-0.2, 0) is 0 Å². The van der Waals surface area contributed by atoms with E-state index in [2.05, 4.69) is 19.9 Å². The van der Waals surface area contributed by atoms with Crippen molar-refractivity contribution in [3.63, 3.8) is 0 Å². The molecule has 0 N–H and O–H groups in total. The minimum atomic E-state index is -0.852. The Morgan fingerprint density at radius 3 is 2.38 bits per heavy atom. The third kappa shape index (κ3) is 1.21. The Bertz CT molecular complexity index is 405. The van der Waals surface area contributed by atoms with Crippen LogP contribution in [0.2, 0.25) is 0 Å². The van der Waals surface area contributed by atoms with Crippen molar-refractivity contribution in [1.29, 1.82) is 5.26 Å². The second kappa shape index (κ2) is 2.70. The normalized spacial score (nSPS) is 44.4. The van der Waals surface area contributed by atoms with E-state index in [1.165, 1.54) is 5.57 Å². The molecule has 0 heterocycles. The third-order valence-electron chi connectivity index (χ3n) is 4.81. The van der Waals surface area contributed by atoms with Gasteiger partial charge in [0.05, 0.1) is 6.07 Å². The smallest absolute Gasteiger partial charge is 0.113 e. The van der Waals surface area contributed by atoms with Crippen LogP contribution >= 0.6 is 0 Å². The maximum Gasteiger partial charge on any atom is 0.113 e. The lowest BCUT2D eigenvalue weighted by molar-refractivity contribution is -0.192. The summed E-state index contributed by atoms with van der Waals surface area (Å²) in [4.78, 5) is 0. The monoisotopic (exact) mass is 219 g/mol. The van der Waals surface area contributed by atoms with Gasteiger partial charge in [0, 0.05) is 11.0 Å². The first-order valence-corrected chi connectivity index (χ1v) is 6.20. The van der Waals surface area contributed by atoms with Gasteiger partial charge in [-0.25, -0.2) is 4.39 Å². The van der Waals surface area contributed by atoms with E-state index in [9.17, 15) is 9.65 Å². The van der Waals surface area contributed by atoms with E-state index in [-0.39, 0.29) is 5.41 Å². The topological polar surface area (TPSA) is 23.8 Å². The lowest BCUT2D eigenvalue weighted by Crippen LogP contribution is -2.65. The summed E-state index contributed by atoms with van der Waals surface area (Å²) in [6.45, 7) is 4.52. The molecule has 0 aromatic heterocycles. The molecule has 2 heteroatoms. The van der Waals surface area contributed by atoms with Crippen LogP contribution in [0.1, 0.15) is 52.4 Å². The fraction of sp³-hybridized carbons (Fsp3) is 0.786. The van der Waals surface area contributed by atoms with Gasteiger partial charge >= 0.3 is 0 Å². The van der Waals surface area contributed by atoms with Crippen LogP contribution in [-0.4, -0.2) is 5.67 Å². The number of allylic oxidation sites excluding steroid dienone is 2. The number of nitriles is 1. The Morgan fingerprint density at radius 1 is 1.25 bits per heavy atom. The molecule has 4 aliphatic rings. The second-order valence-corrected chi connectivity index (χ2v) is 6.87. The molecule has 4 rings (SSSR count). The molecule has 0 atom stereocenters. The van der Waals surface area contributed by atoms with E-state index in [0.717, 1.165) is 24.8 Å². The van der Waals surface area contributed by atoms with Crippen molar-refractivity contribution >= 4 is 0 Å². The Balaban J connectivity index is 1.92. The number of hydrogen-bond donors (Lipinski definition) is 0. The van der Waals surface area contributed by atoms with Gasteiger partial charge in [0.15, 0.2) is 0 Å². The molecular weight excluding hydrogens is 201 g/mol. The van der Waals surface area contributed by atoms with Crippen LogP contribution in [0, 0.1) is 22.2 Å². The zero-order valence-electron chi connectivity index (χ0n) is 10.1. The van der Waals surface area contributed by atoms with Crippen molar-refractivity contribution in [2.75, 3.05) is 0 Å². The Hall–Kier alpha value is -0.840. The standard InChI is InChI=1S/C14H18FN/c1-12(2)4-3-10(6-16)11(5-12)13-7-14(15,8-13)9-13/h3-5,7-9H2,1-2H3. The van der Waals surface area contributed by atoms with Crippen LogP contribution < -0.4 is 0 Å². The molecule has 0 aliphatic heterocycles. The van der Waals surface area contributed by atoms with Crippen LogP contribution in [0.4, 0.5) is 4.39 Å². The maximum absolute atomic E-state index is 13.6. The molecule has 86 valence electrons. The van der Waals surface area contributed by atoms with Crippen molar-refractivity contribution in [1.82, 2.24) is 0 Å². The van der Waals surface area contributed by atoms with Gasteiger partial charge in [-0.05, 0) is 49.5 Å². The van der Waals surface area contributed by atoms with E-state index < -0.39 is 5.67 Å². The second-order valence-electron chi connectivity index (χ2n) is 6.87. The summed E-state index contributed by atoms with van der Waals surface area (Å²) in [7, 11) is 0. The molecule has 0 amide bonds. The van der Waals surface area contributed by atoms with E-state index in [1.54, 1.807) is 0 Å². The van der Waals surface area contributed by atoms with Crippen LogP contribution in [0.3, 0.4) is 0 Å². The number of alkyl halides is 1. The molecule has 16 heavy (non-hydrogen) atoms. The van der Waals surface area contributed by atoms with Gasteiger partial charge in [0.1, 0.15) is 5.67 Å². The molecule has 3 fully saturated rings. The van der Waals surface area contributed by atoms with Gasteiger partial charge in [-0.2, -0.15) is 5.26 Å². The molecule has 0 aromatic rings. The summed E-state index contributed by atoms with van der Waals surface area (Å²) in [5.41, 5.74) is 1.84. The molecular formula is C14H18FN. The molecule has 0 saturated heterocycles. The number of rotatable bonds is 1. The van der Waals surface area contributed by atoms with Gasteiger partial charge in [-0.1, -0.05) is 13.8 Å². The Morgan fingerprint density at radius 2 is 1.88 bits per heavy atom. The number of nitrogens with zero attached hydrogens (tertiary/aromatic N) is 1. The number of hydrogen-bond acceptors (Lipinski definition) is 1. The summed E-state index contributed by atoms with van der Waals surface area (Å²) >= 11 is 0. The third-order valence-corrected chi connectivity index (χ3v) is 4.81. The SMILES string of the molecule is CC1(C)CCC(C#N)=C(C23CC(F)(C2)C3)C1. The first-order chi connectivity index (χ1) is 7.38. The molecule has 0 radical (unpaired) electrons. The van der Waals surface area contributed by atoms with Gasteiger partial charge < -0.3 is 0 Å². The summed E-state index contributed by atoms with van der Waals surface area (Å²) in [6.07, 6.45) is 5.08. The predicted molar refractivity (Wildman–Crippen MR) is 60.4 cm³/mol. The van der Waals surface area contributed by atoms with Crippen molar-refractivity contribution < 1.29 is 4.39 Å². The molecule has 4 aliphatic carbocycles. The fourth-order valence-corrected chi connectivity index (χ4v) is 3.90. The summed E-state index contributed by atoms with van der Waals surface area (Å²) in [5, 5.41) is 9.19. The lowest BCUT2D eigenvalue weighted by atomic mass is 9.38.